The minimum atomic E-state index is -1.40. The van der Waals surface area contributed by atoms with Crippen molar-refractivity contribution in [3.05, 3.63) is 0 Å². The van der Waals surface area contributed by atoms with Crippen LogP contribution in [0.2, 0.25) is 0 Å². The van der Waals surface area contributed by atoms with Gasteiger partial charge in [-0.25, -0.2) is 4.79 Å². The molecule has 0 aromatic carbocycles. The van der Waals surface area contributed by atoms with Crippen LogP contribution in [-0.4, -0.2) is 76.2 Å². The third-order valence-corrected chi connectivity index (χ3v) is 4.63. The average molecular weight is 428 g/mol. The summed E-state index contributed by atoms with van der Waals surface area (Å²) in [6.45, 7) is 1.60. The highest BCUT2D eigenvalue weighted by Gasteiger charge is 2.37. The normalized spacial score (nSPS) is 18.7. The molecule has 9 N–H and O–H groups in total. The molecule has 0 bridgehead atoms. The van der Waals surface area contributed by atoms with Gasteiger partial charge in [-0.2, -0.15) is 0 Å². The molecule has 0 radical (unpaired) electrons. The first-order chi connectivity index (χ1) is 13.9. The van der Waals surface area contributed by atoms with Gasteiger partial charge in [0, 0.05) is 13.0 Å². The van der Waals surface area contributed by atoms with E-state index in [2.05, 4.69) is 10.6 Å². The molecule has 5 amide bonds. The summed E-state index contributed by atoms with van der Waals surface area (Å²) in [4.78, 5) is 71.7. The number of carboxylic acids is 1. The molecule has 0 aromatic heterocycles. The second-order valence-corrected chi connectivity index (χ2v) is 7.10. The topological polar surface area (TPSA) is 228 Å². The van der Waals surface area contributed by atoms with E-state index in [1.165, 1.54) is 6.92 Å². The molecule has 30 heavy (non-hydrogen) atoms. The van der Waals surface area contributed by atoms with Crippen molar-refractivity contribution in [2.24, 2.45) is 17.2 Å². The third kappa shape index (κ3) is 7.31. The van der Waals surface area contributed by atoms with Crippen LogP contribution in [0.15, 0.2) is 0 Å². The van der Waals surface area contributed by atoms with Gasteiger partial charge in [-0.1, -0.05) is 0 Å². The zero-order valence-electron chi connectivity index (χ0n) is 16.6. The van der Waals surface area contributed by atoms with Gasteiger partial charge in [0.2, 0.25) is 29.5 Å². The number of rotatable bonds is 11. The van der Waals surface area contributed by atoms with Crippen molar-refractivity contribution in [1.82, 2.24) is 15.5 Å². The molecule has 0 spiro atoms. The number of likely N-dealkylation sites (tertiary alicyclic amines) is 1. The van der Waals surface area contributed by atoms with Gasteiger partial charge in [0.25, 0.3) is 0 Å². The van der Waals surface area contributed by atoms with E-state index in [4.69, 9.17) is 17.2 Å². The Kier molecular flexibility index (Phi) is 9.17. The fourth-order valence-electron chi connectivity index (χ4n) is 3.03. The first kappa shape index (κ1) is 24.8. The van der Waals surface area contributed by atoms with Crippen LogP contribution in [0.3, 0.4) is 0 Å². The lowest BCUT2D eigenvalue weighted by atomic mass is 10.1. The summed E-state index contributed by atoms with van der Waals surface area (Å²) in [5, 5.41) is 13.8. The highest BCUT2D eigenvalue weighted by atomic mass is 16.4. The molecular weight excluding hydrogens is 400 g/mol. The SMILES string of the molecule is CC(NC(=O)C(CC(N)=O)NC(=O)C(N)CCC(N)=O)C(=O)N1CCCC1C(=O)O. The maximum absolute atomic E-state index is 12.5. The van der Waals surface area contributed by atoms with Crippen LogP contribution in [0.4, 0.5) is 0 Å². The maximum atomic E-state index is 12.5. The summed E-state index contributed by atoms with van der Waals surface area (Å²) in [5.41, 5.74) is 15.8. The number of hydrogen-bond donors (Lipinski definition) is 6. The van der Waals surface area contributed by atoms with E-state index in [9.17, 15) is 33.9 Å². The van der Waals surface area contributed by atoms with Crippen molar-refractivity contribution in [1.29, 1.82) is 0 Å². The fraction of sp³-hybridized carbons (Fsp3) is 0.647. The number of primary amides is 2. The summed E-state index contributed by atoms with van der Waals surface area (Å²) >= 11 is 0. The van der Waals surface area contributed by atoms with Gasteiger partial charge in [-0.05, 0) is 26.2 Å². The molecular formula is C17H28N6O7. The van der Waals surface area contributed by atoms with Gasteiger partial charge in [-0.3, -0.25) is 24.0 Å². The Morgan fingerprint density at radius 1 is 1.07 bits per heavy atom. The van der Waals surface area contributed by atoms with E-state index in [1.807, 2.05) is 0 Å². The first-order valence-corrected chi connectivity index (χ1v) is 9.40. The second-order valence-electron chi connectivity index (χ2n) is 7.10. The van der Waals surface area contributed by atoms with E-state index >= 15 is 0 Å². The first-order valence-electron chi connectivity index (χ1n) is 9.40. The predicted octanol–water partition coefficient (Wildman–Crippen LogP) is -3.48. The molecule has 13 nitrogen and oxygen atoms in total. The number of carbonyl (C=O) groups is 6. The number of nitrogens with one attached hydrogen (secondary N) is 2. The molecule has 1 fully saturated rings. The van der Waals surface area contributed by atoms with Crippen LogP contribution < -0.4 is 27.8 Å². The number of amides is 5. The number of carboxylic acid groups (broad SMARTS) is 1. The molecule has 1 heterocycles. The summed E-state index contributed by atoms with van der Waals surface area (Å²) in [6.07, 6.45) is 0.0700. The van der Waals surface area contributed by atoms with Crippen molar-refractivity contribution in [2.75, 3.05) is 6.54 Å². The van der Waals surface area contributed by atoms with Crippen LogP contribution >= 0.6 is 0 Å². The lowest BCUT2D eigenvalue weighted by molar-refractivity contribution is -0.149. The molecule has 1 saturated heterocycles. The molecule has 1 aliphatic heterocycles. The van der Waals surface area contributed by atoms with E-state index < -0.39 is 66.1 Å². The Morgan fingerprint density at radius 3 is 2.23 bits per heavy atom. The van der Waals surface area contributed by atoms with Gasteiger partial charge >= 0.3 is 5.97 Å². The van der Waals surface area contributed by atoms with Crippen LogP contribution in [0.25, 0.3) is 0 Å². The van der Waals surface area contributed by atoms with E-state index in [0.29, 0.717) is 12.8 Å². The Hall–Kier alpha value is -3.22. The largest absolute Gasteiger partial charge is 0.480 e. The Balaban J connectivity index is 2.76. The van der Waals surface area contributed by atoms with Gasteiger partial charge in [-0.15, -0.1) is 0 Å². The number of nitrogens with two attached hydrogens (primary N) is 3. The van der Waals surface area contributed by atoms with Crippen LogP contribution in [0, 0.1) is 0 Å². The summed E-state index contributed by atoms with van der Waals surface area (Å²) in [6, 6.07) is -4.63. The van der Waals surface area contributed by atoms with Crippen molar-refractivity contribution >= 4 is 35.5 Å². The fourth-order valence-corrected chi connectivity index (χ4v) is 3.03. The van der Waals surface area contributed by atoms with Crippen LogP contribution in [-0.2, 0) is 28.8 Å². The Labute approximate surface area is 172 Å². The lowest BCUT2D eigenvalue weighted by Gasteiger charge is -2.27. The minimum Gasteiger partial charge on any atom is -0.480 e. The van der Waals surface area contributed by atoms with E-state index in [1.54, 1.807) is 0 Å². The summed E-state index contributed by atoms with van der Waals surface area (Å²) in [5.74, 6) is -4.94. The number of aliphatic carboxylic acids is 1. The van der Waals surface area contributed by atoms with Crippen molar-refractivity contribution in [2.45, 2.75) is 63.2 Å². The Bertz CT molecular complexity index is 713. The smallest absolute Gasteiger partial charge is 0.326 e. The van der Waals surface area contributed by atoms with Crippen molar-refractivity contribution < 1.29 is 33.9 Å². The monoisotopic (exact) mass is 428 g/mol. The van der Waals surface area contributed by atoms with Crippen LogP contribution in [0.1, 0.15) is 39.0 Å². The predicted molar refractivity (Wildman–Crippen MR) is 102 cm³/mol. The average Bonchev–Trinajstić information content (AvgIpc) is 3.14. The van der Waals surface area contributed by atoms with Gasteiger partial charge in [0.1, 0.15) is 18.1 Å². The Morgan fingerprint density at radius 2 is 1.70 bits per heavy atom. The van der Waals surface area contributed by atoms with Crippen molar-refractivity contribution in [3.8, 4) is 0 Å². The molecule has 4 unspecified atom stereocenters. The highest BCUT2D eigenvalue weighted by molar-refractivity contribution is 5.96. The highest BCUT2D eigenvalue weighted by Crippen LogP contribution is 2.18. The summed E-state index contributed by atoms with van der Waals surface area (Å²) in [7, 11) is 0. The quantitative estimate of drug-likeness (QED) is 0.193. The number of hydrogen-bond acceptors (Lipinski definition) is 7. The maximum Gasteiger partial charge on any atom is 0.326 e. The zero-order valence-corrected chi connectivity index (χ0v) is 16.6. The van der Waals surface area contributed by atoms with E-state index in [0.717, 1.165) is 4.90 Å². The minimum absolute atomic E-state index is 0.0630. The molecule has 1 rings (SSSR count). The molecule has 4 atom stereocenters. The van der Waals surface area contributed by atoms with Gasteiger partial charge < -0.3 is 37.8 Å². The van der Waals surface area contributed by atoms with Gasteiger partial charge in [0.05, 0.1) is 12.5 Å². The molecule has 1 aliphatic rings. The second kappa shape index (κ2) is 11.1. The standard InChI is InChI=1S/C17H28N6O7/c1-8(16(28)23-6-2-3-11(23)17(29)30)21-15(27)10(7-13(20)25)22-14(26)9(18)4-5-12(19)24/h8-11H,2-7,18H2,1H3,(H2,19,24)(H2,20,25)(H,21,27)(H,22,26)(H,29,30). The summed E-state index contributed by atoms with van der Waals surface area (Å²) < 4.78 is 0. The third-order valence-electron chi connectivity index (χ3n) is 4.63. The molecule has 0 saturated carbocycles. The zero-order chi connectivity index (χ0) is 23.0. The molecule has 0 aliphatic carbocycles. The molecule has 0 aromatic rings. The van der Waals surface area contributed by atoms with Gasteiger partial charge in [0.15, 0.2) is 0 Å². The molecule has 13 heteroatoms. The number of carbonyl (C=O) groups excluding carboxylic acids is 5. The van der Waals surface area contributed by atoms with Crippen LogP contribution in [0.5, 0.6) is 0 Å². The lowest BCUT2D eigenvalue weighted by Crippen LogP contribution is -2.57. The van der Waals surface area contributed by atoms with E-state index in [-0.39, 0.29) is 19.4 Å². The molecule has 168 valence electrons. The van der Waals surface area contributed by atoms with Crippen molar-refractivity contribution in [3.63, 3.8) is 0 Å². The number of nitrogens with zero attached hydrogens (tertiary/aromatic N) is 1.